The second-order valence-corrected chi connectivity index (χ2v) is 7.44. The Balaban J connectivity index is 1.65. The molecule has 4 atom stereocenters. The summed E-state index contributed by atoms with van der Waals surface area (Å²) < 4.78 is 0. The summed E-state index contributed by atoms with van der Waals surface area (Å²) in [5.74, 6) is 2.81. The molecular formula is C15H22N2S. The van der Waals surface area contributed by atoms with Gasteiger partial charge < -0.3 is 5.32 Å². The van der Waals surface area contributed by atoms with Crippen LogP contribution in [0, 0.1) is 11.8 Å². The molecule has 0 spiro atoms. The van der Waals surface area contributed by atoms with E-state index in [4.69, 9.17) is 4.98 Å². The van der Waals surface area contributed by atoms with Gasteiger partial charge in [0.15, 0.2) is 0 Å². The van der Waals surface area contributed by atoms with Gasteiger partial charge in [-0.05, 0) is 57.4 Å². The fourth-order valence-electron chi connectivity index (χ4n) is 4.42. The quantitative estimate of drug-likeness (QED) is 0.880. The van der Waals surface area contributed by atoms with E-state index in [1.807, 2.05) is 11.3 Å². The molecule has 1 N–H and O–H groups in total. The zero-order valence-corrected chi connectivity index (χ0v) is 11.9. The lowest BCUT2D eigenvalue weighted by molar-refractivity contribution is 0.418. The van der Waals surface area contributed by atoms with Gasteiger partial charge in [0.1, 0.15) is 0 Å². The van der Waals surface area contributed by atoms with Crippen molar-refractivity contribution in [1.29, 1.82) is 0 Å². The van der Waals surface area contributed by atoms with E-state index < -0.39 is 0 Å². The number of nitrogens with zero attached hydrogens (tertiary/aromatic N) is 1. The van der Waals surface area contributed by atoms with Crippen LogP contribution in [0.3, 0.4) is 0 Å². The topological polar surface area (TPSA) is 24.9 Å². The Kier molecular flexibility index (Phi) is 2.73. The van der Waals surface area contributed by atoms with Gasteiger partial charge in [-0.3, -0.25) is 0 Å². The summed E-state index contributed by atoms with van der Waals surface area (Å²) in [6.45, 7) is 0. The predicted octanol–water partition coefficient (Wildman–Crippen LogP) is 3.64. The molecule has 0 saturated heterocycles. The maximum Gasteiger partial charge on any atom is 0.0965 e. The van der Waals surface area contributed by atoms with E-state index in [1.165, 1.54) is 55.6 Å². The number of hydrogen-bond acceptors (Lipinski definition) is 3. The van der Waals surface area contributed by atoms with E-state index >= 15 is 0 Å². The van der Waals surface area contributed by atoms with Crippen molar-refractivity contribution >= 4 is 11.3 Å². The maximum absolute atomic E-state index is 5.03. The molecule has 3 aliphatic carbocycles. The lowest BCUT2D eigenvalue weighted by atomic mass is 9.89. The molecule has 2 saturated carbocycles. The minimum Gasteiger partial charge on any atom is -0.312 e. The number of fused-ring (bicyclic) bond motifs is 3. The van der Waals surface area contributed by atoms with E-state index in [1.54, 1.807) is 4.88 Å². The first kappa shape index (κ1) is 11.4. The van der Waals surface area contributed by atoms with E-state index in [2.05, 4.69) is 12.4 Å². The molecule has 2 nitrogen and oxygen atoms in total. The molecule has 98 valence electrons. The van der Waals surface area contributed by atoms with Crippen molar-refractivity contribution in [3.05, 3.63) is 15.6 Å². The average Bonchev–Trinajstić information content (AvgIpc) is 3.11. The monoisotopic (exact) mass is 262 g/mol. The van der Waals surface area contributed by atoms with E-state index in [9.17, 15) is 0 Å². The van der Waals surface area contributed by atoms with Gasteiger partial charge in [0.2, 0.25) is 0 Å². The van der Waals surface area contributed by atoms with E-state index in [-0.39, 0.29) is 0 Å². The molecule has 1 heterocycles. The molecular weight excluding hydrogens is 240 g/mol. The van der Waals surface area contributed by atoms with Crippen molar-refractivity contribution in [2.45, 2.75) is 56.9 Å². The highest BCUT2D eigenvalue weighted by Gasteiger charge is 2.42. The van der Waals surface area contributed by atoms with E-state index in [0.29, 0.717) is 6.04 Å². The molecule has 1 aromatic heterocycles. The van der Waals surface area contributed by atoms with Crippen molar-refractivity contribution in [1.82, 2.24) is 10.3 Å². The highest BCUT2D eigenvalue weighted by atomic mass is 32.1. The molecule has 3 heteroatoms. The molecule has 2 fully saturated rings. The van der Waals surface area contributed by atoms with E-state index in [0.717, 1.165) is 17.8 Å². The molecule has 0 aliphatic heterocycles. The van der Waals surface area contributed by atoms with Crippen molar-refractivity contribution in [2.24, 2.45) is 11.8 Å². The third kappa shape index (κ3) is 1.67. The predicted molar refractivity (Wildman–Crippen MR) is 75.0 cm³/mol. The summed E-state index contributed by atoms with van der Waals surface area (Å²) in [6.07, 6.45) is 9.69. The summed E-state index contributed by atoms with van der Waals surface area (Å²) >= 11 is 2.03. The Morgan fingerprint density at radius 2 is 2.17 bits per heavy atom. The third-order valence-corrected chi connectivity index (χ3v) is 6.71. The molecule has 1 aromatic rings. The van der Waals surface area contributed by atoms with Crippen LogP contribution >= 0.6 is 11.3 Å². The smallest absolute Gasteiger partial charge is 0.0965 e. The molecule has 0 aromatic carbocycles. The van der Waals surface area contributed by atoms with Gasteiger partial charge in [-0.2, -0.15) is 0 Å². The van der Waals surface area contributed by atoms with Gasteiger partial charge in [0, 0.05) is 16.8 Å². The van der Waals surface area contributed by atoms with Crippen LogP contribution in [0.2, 0.25) is 0 Å². The zero-order chi connectivity index (χ0) is 12.1. The van der Waals surface area contributed by atoms with Gasteiger partial charge in [0.25, 0.3) is 0 Å². The molecule has 3 aliphatic rings. The van der Waals surface area contributed by atoms with Crippen LogP contribution in [0.4, 0.5) is 0 Å². The summed E-state index contributed by atoms with van der Waals surface area (Å²) in [7, 11) is 2.09. The minimum atomic E-state index is 0.582. The lowest BCUT2D eigenvalue weighted by Crippen LogP contribution is -2.19. The van der Waals surface area contributed by atoms with Crippen LogP contribution in [0.5, 0.6) is 0 Å². The molecule has 4 rings (SSSR count). The minimum absolute atomic E-state index is 0.582. The number of nitrogens with one attached hydrogen (secondary N) is 1. The number of hydrogen-bond donors (Lipinski definition) is 1. The van der Waals surface area contributed by atoms with Crippen LogP contribution in [0.15, 0.2) is 0 Å². The van der Waals surface area contributed by atoms with Gasteiger partial charge in [-0.25, -0.2) is 4.98 Å². The second-order valence-electron chi connectivity index (χ2n) is 6.38. The Morgan fingerprint density at radius 3 is 2.89 bits per heavy atom. The normalized spacial score (nSPS) is 38.1. The highest BCUT2D eigenvalue weighted by Crippen LogP contribution is 2.54. The Labute approximate surface area is 113 Å². The molecule has 4 unspecified atom stereocenters. The van der Waals surface area contributed by atoms with Crippen molar-refractivity contribution in [3.63, 3.8) is 0 Å². The molecule has 0 radical (unpaired) electrons. The lowest BCUT2D eigenvalue weighted by Gasteiger charge is -2.20. The van der Waals surface area contributed by atoms with Crippen molar-refractivity contribution < 1.29 is 0 Å². The first-order chi connectivity index (χ1) is 8.85. The average molecular weight is 262 g/mol. The van der Waals surface area contributed by atoms with Gasteiger partial charge in [-0.15, -0.1) is 11.3 Å². The standard InChI is InChI=1S/C15H22N2S/c1-16-12-3-2-4-13-14(12)18-15(17-13)11-8-9-5-6-10(11)7-9/h9-12,16H,2-8H2,1H3. The fourth-order valence-corrected chi connectivity index (χ4v) is 5.88. The van der Waals surface area contributed by atoms with Crippen molar-refractivity contribution in [2.75, 3.05) is 7.05 Å². The number of thiazole rings is 1. The highest BCUT2D eigenvalue weighted by molar-refractivity contribution is 7.12. The first-order valence-corrected chi connectivity index (χ1v) is 8.33. The summed E-state index contributed by atoms with van der Waals surface area (Å²) in [6, 6.07) is 0.582. The summed E-state index contributed by atoms with van der Waals surface area (Å²) in [4.78, 5) is 6.59. The molecule has 0 amide bonds. The maximum atomic E-state index is 5.03. The SMILES string of the molecule is CNC1CCCc2nc(C3CC4CCC3C4)sc21. The van der Waals surface area contributed by atoms with Gasteiger partial charge in [-0.1, -0.05) is 6.42 Å². The van der Waals surface area contributed by atoms with Crippen LogP contribution in [0.1, 0.15) is 66.1 Å². The number of rotatable bonds is 2. The van der Waals surface area contributed by atoms with Crippen LogP contribution in [-0.2, 0) is 6.42 Å². The summed E-state index contributed by atoms with van der Waals surface area (Å²) in [5.41, 5.74) is 1.42. The van der Waals surface area contributed by atoms with Crippen LogP contribution in [-0.4, -0.2) is 12.0 Å². The molecule has 2 bridgehead atoms. The molecule has 18 heavy (non-hydrogen) atoms. The second kappa shape index (κ2) is 4.31. The number of aryl methyl sites for hydroxylation is 1. The largest absolute Gasteiger partial charge is 0.312 e. The summed E-state index contributed by atoms with van der Waals surface area (Å²) in [5, 5.41) is 4.95. The van der Waals surface area contributed by atoms with Crippen LogP contribution in [0.25, 0.3) is 0 Å². The van der Waals surface area contributed by atoms with Gasteiger partial charge >= 0.3 is 0 Å². The van der Waals surface area contributed by atoms with Crippen molar-refractivity contribution in [3.8, 4) is 0 Å². The zero-order valence-electron chi connectivity index (χ0n) is 11.1. The first-order valence-electron chi connectivity index (χ1n) is 7.52. The Hall–Kier alpha value is -0.410. The fraction of sp³-hybridized carbons (Fsp3) is 0.800. The van der Waals surface area contributed by atoms with Gasteiger partial charge in [0.05, 0.1) is 10.7 Å². The Bertz CT molecular complexity index is 453. The Morgan fingerprint density at radius 1 is 1.22 bits per heavy atom. The van der Waals surface area contributed by atoms with Crippen LogP contribution < -0.4 is 5.32 Å². The number of aromatic nitrogens is 1. The third-order valence-electron chi connectivity index (χ3n) is 5.37.